The molecule has 21 heavy (non-hydrogen) atoms. The first-order valence-electron chi connectivity index (χ1n) is 5.89. The van der Waals surface area contributed by atoms with E-state index in [1.807, 2.05) is 0 Å². The second-order valence-corrected chi connectivity index (χ2v) is 4.29. The number of aromatic nitrogens is 3. The number of halogens is 1. The molecule has 0 saturated heterocycles. The zero-order valence-electron chi connectivity index (χ0n) is 10.5. The van der Waals surface area contributed by atoms with Gasteiger partial charge in [0, 0.05) is 0 Å². The van der Waals surface area contributed by atoms with Gasteiger partial charge in [-0.25, -0.2) is 13.9 Å². The number of hydrogen-bond acceptors (Lipinski definition) is 4. The molecule has 7 heteroatoms. The third-order valence-corrected chi connectivity index (χ3v) is 3.01. The summed E-state index contributed by atoms with van der Waals surface area (Å²) in [5.41, 5.74) is 1.44. The molecule has 0 aliphatic carbocycles. The Morgan fingerprint density at radius 1 is 1.29 bits per heavy atom. The van der Waals surface area contributed by atoms with E-state index < -0.39 is 11.8 Å². The van der Waals surface area contributed by atoms with Crippen molar-refractivity contribution in [2.45, 2.75) is 0 Å². The summed E-state index contributed by atoms with van der Waals surface area (Å²) in [6.45, 7) is 0. The highest BCUT2D eigenvalue weighted by Gasteiger charge is 2.11. The van der Waals surface area contributed by atoms with Crippen LogP contribution in [0.5, 0.6) is 0 Å². The van der Waals surface area contributed by atoms with Gasteiger partial charge >= 0.3 is 5.97 Å². The Hall–Kier alpha value is -3.27. The van der Waals surface area contributed by atoms with Crippen LogP contribution in [0.4, 0.5) is 4.39 Å². The van der Waals surface area contributed by atoms with Crippen molar-refractivity contribution in [3.05, 3.63) is 53.3 Å². The maximum Gasteiger partial charge on any atom is 0.335 e. The van der Waals surface area contributed by atoms with Gasteiger partial charge in [0.2, 0.25) is 0 Å². The van der Waals surface area contributed by atoms with Crippen molar-refractivity contribution in [1.29, 1.82) is 5.26 Å². The minimum Gasteiger partial charge on any atom is -0.478 e. The number of carboxylic acid groups (broad SMARTS) is 1. The van der Waals surface area contributed by atoms with Gasteiger partial charge in [-0.3, -0.25) is 0 Å². The molecule has 3 rings (SSSR count). The van der Waals surface area contributed by atoms with E-state index in [-0.39, 0.29) is 11.1 Å². The quantitative estimate of drug-likeness (QED) is 0.777. The molecular weight excluding hydrogens is 275 g/mol. The fourth-order valence-corrected chi connectivity index (χ4v) is 1.98. The molecule has 102 valence electrons. The highest BCUT2D eigenvalue weighted by Crippen LogP contribution is 2.19. The molecule has 0 unspecified atom stereocenters. The van der Waals surface area contributed by atoms with E-state index >= 15 is 0 Å². The summed E-state index contributed by atoms with van der Waals surface area (Å²) in [6.07, 6.45) is 0. The molecule has 0 amide bonds. The van der Waals surface area contributed by atoms with E-state index in [4.69, 9.17) is 10.4 Å². The Labute approximate surface area is 117 Å². The summed E-state index contributed by atoms with van der Waals surface area (Å²) >= 11 is 0. The molecule has 0 spiro atoms. The standard InChI is InChI=1S/C14H7FN4O2/c15-11-3-2-10(5-9(11)7-16)19-13-4-1-8(14(20)21)6-12(13)17-18-19/h1-6H,(H,20,21). The molecule has 1 N–H and O–H groups in total. The lowest BCUT2D eigenvalue weighted by atomic mass is 10.2. The molecule has 6 nitrogen and oxygen atoms in total. The molecule has 0 atom stereocenters. The Morgan fingerprint density at radius 3 is 2.81 bits per heavy atom. The normalized spacial score (nSPS) is 10.5. The number of hydrogen-bond donors (Lipinski definition) is 1. The van der Waals surface area contributed by atoms with Crippen LogP contribution in [0.15, 0.2) is 36.4 Å². The van der Waals surface area contributed by atoms with Gasteiger partial charge in [-0.15, -0.1) is 5.10 Å². The molecule has 0 radical (unpaired) electrons. The average molecular weight is 282 g/mol. The minimum atomic E-state index is -1.06. The van der Waals surface area contributed by atoms with Gasteiger partial charge in [-0.1, -0.05) is 5.21 Å². The summed E-state index contributed by atoms with van der Waals surface area (Å²) in [5.74, 6) is -1.67. The average Bonchev–Trinajstić information content (AvgIpc) is 2.90. The molecule has 0 aliphatic rings. The Morgan fingerprint density at radius 2 is 2.10 bits per heavy atom. The third kappa shape index (κ3) is 2.08. The highest BCUT2D eigenvalue weighted by atomic mass is 19.1. The van der Waals surface area contributed by atoms with E-state index in [9.17, 15) is 9.18 Å². The molecule has 0 saturated carbocycles. The maximum absolute atomic E-state index is 13.3. The van der Waals surface area contributed by atoms with Gasteiger partial charge < -0.3 is 5.11 Å². The summed E-state index contributed by atoms with van der Waals surface area (Å²) in [6, 6.07) is 10.1. The molecule has 0 fully saturated rings. The number of carbonyl (C=O) groups is 1. The van der Waals surface area contributed by atoms with Crippen LogP contribution in [0.25, 0.3) is 16.7 Å². The zero-order chi connectivity index (χ0) is 15.0. The van der Waals surface area contributed by atoms with Gasteiger partial charge in [0.1, 0.15) is 17.4 Å². The fourth-order valence-electron chi connectivity index (χ4n) is 1.98. The first kappa shape index (κ1) is 12.7. The topological polar surface area (TPSA) is 91.8 Å². The zero-order valence-corrected chi connectivity index (χ0v) is 10.5. The SMILES string of the molecule is N#Cc1cc(-n2nnc3cc(C(=O)O)ccc32)ccc1F. The number of aromatic carboxylic acids is 1. The number of nitrogens with zero attached hydrogens (tertiary/aromatic N) is 4. The van der Waals surface area contributed by atoms with E-state index in [2.05, 4.69) is 10.3 Å². The first-order valence-corrected chi connectivity index (χ1v) is 5.89. The van der Waals surface area contributed by atoms with E-state index in [1.165, 1.54) is 35.0 Å². The van der Waals surface area contributed by atoms with Crippen molar-refractivity contribution in [3.8, 4) is 11.8 Å². The number of rotatable bonds is 2. The molecule has 3 aromatic rings. The molecule has 0 bridgehead atoms. The van der Waals surface area contributed by atoms with Gasteiger partial charge in [0.25, 0.3) is 0 Å². The summed E-state index contributed by atoms with van der Waals surface area (Å²) in [7, 11) is 0. The van der Waals surface area contributed by atoms with Gasteiger partial charge in [-0.2, -0.15) is 5.26 Å². The lowest BCUT2D eigenvalue weighted by molar-refractivity contribution is 0.0697. The first-order chi connectivity index (χ1) is 10.1. The smallest absolute Gasteiger partial charge is 0.335 e. The number of carboxylic acids is 1. The van der Waals surface area contributed by atoms with Gasteiger partial charge in [0.05, 0.1) is 22.3 Å². The maximum atomic E-state index is 13.3. The van der Waals surface area contributed by atoms with E-state index in [0.717, 1.165) is 0 Å². The van der Waals surface area contributed by atoms with Crippen molar-refractivity contribution in [2.75, 3.05) is 0 Å². The Kier molecular flexibility index (Phi) is 2.84. The third-order valence-electron chi connectivity index (χ3n) is 3.01. The largest absolute Gasteiger partial charge is 0.478 e. The monoisotopic (exact) mass is 282 g/mol. The molecule has 2 aromatic carbocycles. The van der Waals surface area contributed by atoms with Crippen LogP contribution in [0.3, 0.4) is 0 Å². The van der Waals surface area contributed by atoms with Crippen LogP contribution in [0.1, 0.15) is 15.9 Å². The van der Waals surface area contributed by atoms with Crippen molar-refractivity contribution in [3.63, 3.8) is 0 Å². The Bertz CT molecular complexity index is 911. The van der Waals surface area contributed by atoms with Crippen LogP contribution in [0.2, 0.25) is 0 Å². The highest BCUT2D eigenvalue weighted by molar-refractivity contribution is 5.92. The minimum absolute atomic E-state index is 0.0988. The molecule has 0 aliphatic heterocycles. The predicted molar refractivity (Wildman–Crippen MR) is 70.5 cm³/mol. The van der Waals surface area contributed by atoms with Crippen LogP contribution in [0, 0.1) is 17.1 Å². The lowest BCUT2D eigenvalue weighted by Gasteiger charge is -2.03. The van der Waals surface area contributed by atoms with Crippen LogP contribution in [-0.2, 0) is 0 Å². The van der Waals surface area contributed by atoms with E-state index in [1.54, 1.807) is 12.1 Å². The summed E-state index contributed by atoms with van der Waals surface area (Å²) < 4.78 is 14.8. The second kappa shape index (κ2) is 4.68. The lowest BCUT2D eigenvalue weighted by Crippen LogP contribution is -1.99. The van der Waals surface area contributed by atoms with Crippen molar-refractivity contribution < 1.29 is 14.3 Å². The number of nitriles is 1. The summed E-state index contributed by atoms with van der Waals surface area (Å²) in [4.78, 5) is 10.9. The fraction of sp³-hybridized carbons (Fsp3) is 0. The van der Waals surface area contributed by atoms with Crippen LogP contribution >= 0.6 is 0 Å². The Balaban J connectivity index is 2.18. The van der Waals surface area contributed by atoms with Crippen molar-refractivity contribution in [2.24, 2.45) is 0 Å². The summed E-state index contributed by atoms with van der Waals surface area (Å²) in [5, 5.41) is 25.6. The number of benzene rings is 2. The van der Waals surface area contributed by atoms with Crippen molar-refractivity contribution in [1.82, 2.24) is 15.0 Å². The van der Waals surface area contributed by atoms with Crippen LogP contribution in [-0.4, -0.2) is 26.1 Å². The van der Waals surface area contributed by atoms with Crippen molar-refractivity contribution >= 4 is 17.0 Å². The number of fused-ring (bicyclic) bond motifs is 1. The molecule has 1 heterocycles. The van der Waals surface area contributed by atoms with Crippen LogP contribution < -0.4 is 0 Å². The van der Waals surface area contributed by atoms with E-state index in [0.29, 0.717) is 16.7 Å². The van der Waals surface area contributed by atoms with Gasteiger partial charge in [0.15, 0.2) is 0 Å². The second-order valence-electron chi connectivity index (χ2n) is 4.29. The molecular formula is C14H7FN4O2. The van der Waals surface area contributed by atoms with Gasteiger partial charge in [-0.05, 0) is 36.4 Å². The predicted octanol–water partition coefficient (Wildman–Crippen LogP) is 2.13. The molecule has 1 aromatic heterocycles.